The maximum Gasteiger partial charge on any atom is 0.251 e. The van der Waals surface area contributed by atoms with Gasteiger partial charge in [-0.1, -0.05) is 0 Å². The Bertz CT molecular complexity index is 1000. The van der Waals surface area contributed by atoms with Crippen molar-refractivity contribution >= 4 is 17.6 Å². The SMILES string of the molecule is COc1ccc2c(c1)OCCN(c1cc(C(=O)NC3CCC(C(=O)N(C)C)CC3)ccn1)C2. The largest absolute Gasteiger partial charge is 0.497 e. The van der Waals surface area contributed by atoms with Gasteiger partial charge in [0, 0.05) is 56.0 Å². The van der Waals surface area contributed by atoms with Gasteiger partial charge in [-0.2, -0.15) is 0 Å². The molecule has 1 aliphatic heterocycles. The van der Waals surface area contributed by atoms with Crippen molar-refractivity contribution < 1.29 is 19.1 Å². The number of nitrogens with one attached hydrogen (secondary N) is 1. The van der Waals surface area contributed by atoms with Crippen molar-refractivity contribution in [3.63, 3.8) is 0 Å². The zero-order valence-corrected chi connectivity index (χ0v) is 19.5. The Balaban J connectivity index is 1.39. The summed E-state index contributed by atoms with van der Waals surface area (Å²) in [5.41, 5.74) is 1.64. The van der Waals surface area contributed by atoms with Crippen LogP contribution in [0.3, 0.4) is 0 Å². The average molecular weight is 453 g/mol. The molecule has 1 aromatic heterocycles. The highest BCUT2D eigenvalue weighted by Gasteiger charge is 2.28. The lowest BCUT2D eigenvalue weighted by Gasteiger charge is -2.30. The fourth-order valence-corrected chi connectivity index (χ4v) is 4.52. The van der Waals surface area contributed by atoms with E-state index in [1.165, 1.54) is 0 Å². The van der Waals surface area contributed by atoms with Gasteiger partial charge in [-0.3, -0.25) is 9.59 Å². The Morgan fingerprint density at radius 1 is 1.15 bits per heavy atom. The standard InChI is InChI=1S/C25H32N4O4/c1-28(2)25(31)17-4-7-20(8-5-17)27-24(30)18-10-11-26-23(14-18)29-12-13-33-22-15-21(32-3)9-6-19(22)16-29/h6,9-11,14-15,17,20H,4-5,7-8,12-13,16H2,1-3H3,(H,27,30). The molecule has 33 heavy (non-hydrogen) atoms. The molecular formula is C25H32N4O4. The van der Waals surface area contributed by atoms with E-state index in [4.69, 9.17) is 9.47 Å². The summed E-state index contributed by atoms with van der Waals surface area (Å²) in [4.78, 5) is 33.4. The third-order valence-corrected chi connectivity index (χ3v) is 6.44. The van der Waals surface area contributed by atoms with Crippen LogP contribution in [0.25, 0.3) is 0 Å². The molecule has 0 radical (unpaired) electrons. The normalized spacial score (nSPS) is 20.2. The fourth-order valence-electron chi connectivity index (χ4n) is 4.52. The highest BCUT2D eigenvalue weighted by Crippen LogP contribution is 2.30. The van der Waals surface area contributed by atoms with Crippen LogP contribution in [0.5, 0.6) is 11.5 Å². The van der Waals surface area contributed by atoms with Crippen LogP contribution >= 0.6 is 0 Å². The van der Waals surface area contributed by atoms with Crippen molar-refractivity contribution in [1.29, 1.82) is 0 Å². The summed E-state index contributed by atoms with van der Waals surface area (Å²) in [6.45, 7) is 1.83. The molecule has 1 N–H and O–H groups in total. The number of fused-ring (bicyclic) bond motifs is 1. The van der Waals surface area contributed by atoms with Crippen molar-refractivity contribution in [2.75, 3.05) is 39.3 Å². The molecule has 2 aromatic rings. The van der Waals surface area contributed by atoms with Crippen LogP contribution in [-0.2, 0) is 11.3 Å². The van der Waals surface area contributed by atoms with Gasteiger partial charge in [0.25, 0.3) is 5.91 Å². The van der Waals surface area contributed by atoms with Gasteiger partial charge in [0.1, 0.15) is 23.9 Å². The maximum absolute atomic E-state index is 12.9. The van der Waals surface area contributed by atoms with Crippen LogP contribution in [0.2, 0.25) is 0 Å². The Hall–Kier alpha value is -3.29. The number of hydrogen-bond donors (Lipinski definition) is 1. The molecule has 0 spiro atoms. The predicted octanol–water partition coefficient (Wildman–Crippen LogP) is 2.87. The summed E-state index contributed by atoms with van der Waals surface area (Å²) in [5, 5.41) is 3.15. The summed E-state index contributed by atoms with van der Waals surface area (Å²) in [6, 6.07) is 9.49. The number of anilines is 1. The van der Waals surface area contributed by atoms with Gasteiger partial charge in [-0.15, -0.1) is 0 Å². The summed E-state index contributed by atoms with van der Waals surface area (Å²) in [7, 11) is 5.23. The molecule has 8 nitrogen and oxygen atoms in total. The van der Waals surface area contributed by atoms with Gasteiger partial charge in [0.2, 0.25) is 5.91 Å². The molecular weight excluding hydrogens is 420 g/mol. The van der Waals surface area contributed by atoms with Crippen LogP contribution in [0, 0.1) is 5.92 Å². The number of rotatable bonds is 5. The first-order chi connectivity index (χ1) is 15.9. The van der Waals surface area contributed by atoms with Crippen LogP contribution in [0.1, 0.15) is 41.6 Å². The minimum Gasteiger partial charge on any atom is -0.497 e. The second kappa shape index (κ2) is 10.1. The molecule has 8 heteroatoms. The molecule has 2 aliphatic rings. The van der Waals surface area contributed by atoms with E-state index in [0.717, 1.165) is 48.6 Å². The lowest BCUT2D eigenvalue weighted by atomic mass is 9.85. The minimum absolute atomic E-state index is 0.0637. The van der Waals surface area contributed by atoms with E-state index in [0.29, 0.717) is 25.3 Å². The number of ether oxygens (including phenoxy) is 2. The van der Waals surface area contributed by atoms with E-state index >= 15 is 0 Å². The molecule has 2 amide bonds. The molecule has 0 saturated heterocycles. The molecule has 176 valence electrons. The predicted molar refractivity (Wildman–Crippen MR) is 126 cm³/mol. The molecule has 1 aromatic carbocycles. The lowest BCUT2D eigenvalue weighted by molar-refractivity contribution is -0.134. The summed E-state index contributed by atoms with van der Waals surface area (Å²) in [5.74, 6) is 2.47. The van der Waals surface area contributed by atoms with Gasteiger partial charge in [0.05, 0.1) is 13.7 Å². The zero-order valence-electron chi connectivity index (χ0n) is 19.5. The van der Waals surface area contributed by atoms with E-state index < -0.39 is 0 Å². The number of methoxy groups -OCH3 is 1. The second-order valence-electron chi connectivity index (χ2n) is 8.90. The Morgan fingerprint density at radius 2 is 1.94 bits per heavy atom. The van der Waals surface area contributed by atoms with Crippen LogP contribution in [0.4, 0.5) is 5.82 Å². The molecule has 0 bridgehead atoms. The van der Waals surface area contributed by atoms with Gasteiger partial charge < -0.3 is 24.6 Å². The Labute approximate surface area is 194 Å². The third-order valence-electron chi connectivity index (χ3n) is 6.44. The molecule has 2 heterocycles. The van der Waals surface area contributed by atoms with Gasteiger partial charge in [-0.05, 0) is 49.9 Å². The molecule has 0 unspecified atom stereocenters. The highest BCUT2D eigenvalue weighted by atomic mass is 16.5. The summed E-state index contributed by atoms with van der Waals surface area (Å²) in [6.07, 6.45) is 4.93. The Kier molecular flexibility index (Phi) is 7.01. The van der Waals surface area contributed by atoms with Gasteiger partial charge >= 0.3 is 0 Å². The van der Waals surface area contributed by atoms with Crippen molar-refractivity contribution in [2.45, 2.75) is 38.3 Å². The molecule has 1 fully saturated rings. The van der Waals surface area contributed by atoms with Crippen molar-refractivity contribution in [1.82, 2.24) is 15.2 Å². The molecule has 0 atom stereocenters. The smallest absolute Gasteiger partial charge is 0.251 e. The van der Waals surface area contributed by atoms with Gasteiger partial charge in [0.15, 0.2) is 0 Å². The number of amides is 2. The van der Waals surface area contributed by atoms with Crippen LogP contribution in [-0.4, -0.2) is 62.1 Å². The molecule has 1 saturated carbocycles. The molecule has 4 rings (SSSR count). The minimum atomic E-state index is -0.0998. The van der Waals surface area contributed by atoms with Crippen molar-refractivity contribution in [3.05, 3.63) is 47.7 Å². The monoisotopic (exact) mass is 452 g/mol. The number of hydrogen-bond acceptors (Lipinski definition) is 6. The van der Waals surface area contributed by atoms with E-state index in [2.05, 4.69) is 15.2 Å². The lowest BCUT2D eigenvalue weighted by Crippen LogP contribution is -2.40. The van der Waals surface area contributed by atoms with E-state index in [1.807, 2.05) is 24.3 Å². The van der Waals surface area contributed by atoms with E-state index in [1.54, 1.807) is 38.4 Å². The quantitative estimate of drug-likeness (QED) is 0.751. The maximum atomic E-state index is 12.9. The number of pyridine rings is 1. The Morgan fingerprint density at radius 3 is 2.67 bits per heavy atom. The number of nitrogens with zero attached hydrogens (tertiary/aromatic N) is 3. The zero-order chi connectivity index (χ0) is 23.4. The first-order valence-corrected chi connectivity index (χ1v) is 11.5. The number of carbonyl (C=O) groups excluding carboxylic acids is 2. The summed E-state index contributed by atoms with van der Waals surface area (Å²) >= 11 is 0. The van der Waals surface area contributed by atoms with Crippen molar-refractivity contribution in [3.8, 4) is 11.5 Å². The topological polar surface area (TPSA) is 84.0 Å². The first-order valence-electron chi connectivity index (χ1n) is 11.5. The third kappa shape index (κ3) is 5.38. The number of carbonyl (C=O) groups is 2. The fraction of sp³-hybridized carbons (Fsp3) is 0.480. The number of aromatic nitrogens is 1. The summed E-state index contributed by atoms with van der Waals surface area (Å²) < 4.78 is 11.2. The second-order valence-corrected chi connectivity index (χ2v) is 8.90. The molecule has 1 aliphatic carbocycles. The highest BCUT2D eigenvalue weighted by molar-refractivity contribution is 5.95. The average Bonchev–Trinajstić information content (AvgIpc) is 3.06. The van der Waals surface area contributed by atoms with E-state index in [9.17, 15) is 9.59 Å². The van der Waals surface area contributed by atoms with Crippen LogP contribution < -0.4 is 19.7 Å². The van der Waals surface area contributed by atoms with Crippen molar-refractivity contribution in [2.24, 2.45) is 5.92 Å². The van der Waals surface area contributed by atoms with Gasteiger partial charge in [-0.25, -0.2) is 4.98 Å². The first kappa shape index (κ1) is 22.9. The van der Waals surface area contributed by atoms with Crippen LogP contribution in [0.15, 0.2) is 36.5 Å². The van der Waals surface area contributed by atoms with E-state index in [-0.39, 0.29) is 23.8 Å². The number of benzene rings is 1.